The minimum atomic E-state index is -0.285. The number of nitriles is 1. The molecule has 0 aliphatic carbocycles. The summed E-state index contributed by atoms with van der Waals surface area (Å²) in [6, 6.07) is 14.7. The van der Waals surface area contributed by atoms with Crippen molar-refractivity contribution in [3.63, 3.8) is 0 Å². The van der Waals surface area contributed by atoms with Crippen LogP contribution >= 0.6 is 11.3 Å². The topological polar surface area (TPSA) is 105 Å². The molecule has 39 heavy (non-hydrogen) atoms. The minimum absolute atomic E-state index is 0.285. The van der Waals surface area contributed by atoms with Crippen LogP contribution in [-0.2, 0) is 0 Å². The average molecular weight is 539 g/mol. The number of nitrogens with one attached hydrogen (secondary N) is 1. The lowest BCUT2D eigenvalue weighted by molar-refractivity contribution is 0.254. The number of amides is 1. The number of hydrogen-bond acceptors (Lipinski definition) is 8. The largest absolute Gasteiger partial charge is 0.492 e. The zero-order valence-corrected chi connectivity index (χ0v) is 22.0. The number of nitrogens with zero attached hydrogens (tertiary/aromatic N) is 5. The Bertz CT molecular complexity index is 1670. The Morgan fingerprint density at radius 2 is 1.97 bits per heavy atom. The molecule has 10 heteroatoms. The van der Waals surface area contributed by atoms with Gasteiger partial charge in [0.05, 0.1) is 23.2 Å². The van der Waals surface area contributed by atoms with Crippen LogP contribution in [0.3, 0.4) is 0 Å². The van der Waals surface area contributed by atoms with Crippen molar-refractivity contribution in [1.29, 1.82) is 5.26 Å². The van der Waals surface area contributed by atoms with Gasteiger partial charge in [-0.2, -0.15) is 5.26 Å². The van der Waals surface area contributed by atoms with Crippen molar-refractivity contribution in [2.75, 3.05) is 31.6 Å². The monoisotopic (exact) mass is 538 g/mol. The van der Waals surface area contributed by atoms with Crippen molar-refractivity contribution in [1.82, 2.24) is 19.4 Å². The van der Waals surface area contributed by atoms with Crippen molar-refractivity contribution < 1.29 is 14.3 Å². The second kappa shape index (κ2) is 11.1. The van der Waals surface area contributed by atoms with Gasteiger partial charge in [0.15, 0.2) is 5.13 Å². The van der Waals surface area contributed by atoms with E-state index in [0.717, 1.165) is 42.3 Å². The van der Waals surface area contributed by atoms with E-state index in [1.165, 1.54) is 28.7 Å². The van der Waals surface area contributed by atoms with Crippen LogP contribution < -0.4 is 14.8 Å². The number of fused-ring (bicyclic) bond motifs is 2. The Hall–Kier alpha value is -4.46. The van der Waals surface area contributed by atoms with E-state index in [1.54, 1.807) is 42.2 Å². The highest BCUT2D eigenvalue weighted by Gasteiger charge is 2.15. The second-order valence-corrected chi connectivity index (χ2v) is 10.2. The summed E-state index contributed by atoms with van der Waals surface area (Å²) >= 11 is 1.36. The van der Waals surface area contributed by atoms with Gasteiger partial charge in [-0.3, -0.25) is 14.9 Å². The van der Waals surface area contributed by atoms with Gasteiger partial charge in [-0.05, 0) is 68.8 Å². The third kappa shape index (κ3) is 5.41. The fourth-order valence-corrected chi connectivity index (χ4v) is 5.36. The Labute approximate surface area is 229 Å². The van der Waals surface area contributed by atoms with Crippen LogP contribution in [0.25, 0.3) is 21.8 Å². The van der Waals surface area contributed by atoms with Gasteiger partial charge in [-0.1, -0.05) is 0 Å². The molecule has 1 amide bonds. The van der Waals surface area contributed by atoms with Gasteiger partial charge in [-0.25, -0.2) is 9.78 Å². The van der Waals surface area contributed by atoms with Crippen molar-refractivity contribution in [2.45, 2.75) is 19.3 Å². The average Bonchev–Trinajstić information content (AvgIpc) is 3.73. The highest BCUT2D eigenvalue weighted by Crippen LogP contribution is 2.34. The van der Waals surface area contributed by atoms with E-state index < -0.39 is 0 Å². The highest BCUT2D eigenvalue weighted by molar-refractivity contribution is 7.13. The summed E-state index contributed by atoms with van der Waals surface area (Å²) < 4.78 is 13.8. The molecule has 1 aliphatic rings. The first-order valence-corrected chi connectivity index (χ1v) is 13.7. The minimum Gasteiger partial charge on any atom is -0.492 e. The highest BCUT2D eigenvalue weighted by atomic mass is 32.1. The fraction of sp³-hybridized carbons (Fsp3) is 0.241. The van der Waals surface area contributed by atoms with Crippen molar-refractivity contribution in [3.05, 3.63) is 72.0 Å². The summed E-state index contributed by atoms with van der Waals surface area (Å²) in [4.78, 5) is 23.7. The summed E-state index contributed by atoms with van der Waals surface area (Å²) in [6.45, 7) is 3.88. The molecule has 6 rings (SSSR count). The molecule has 4 heterocycles. The quantitative estimate of drug-likeness (QED) is 0.233. The maximum Gasteiger partial charge on any atom is 0.332 e. The Balaban J connectivity index is 1.19. The molecule has 0 atom stereocenters. The van der Waals surface area contributed by atoms with Crippen LogP contribution in [0.2, 0.25) is 0 Å². The number of rotatable bonds is 8. The van der Waals surface area contributed by atoms with E-state index in [0.29, 0.717) is 40.1 Å². The number of carbonyl (C=O) groups excluding carboxylic acids is 1. The molecule has 1 N–H and O–H groups in total. The van der Waals surface area contributed by atoms with Crippen molar-refractivity contribution >= 4 is 44.3 Å². The van der Waals surface area contributed by atoms with E-state index in [4.69, 9.17) is 9.47 Å². The lowest BCUT2D eigenvalue weighted by Gasteiger charge is -2.15. The first kappa shape index (κ1) is 24.9. The Kier molecular flexibility index (Phi) is 7.08. The van der Waals surface area contributed by atoms with Gasteiger partial charge < -0.3 is 14.4 Å². The number of aromatic nitrogens is 3. The SMILES string of the molecule is N#Cc1cc2c(Oc3ccc4c(ccn4C(=O)Nc4nccs4)c3)ccnc2cc1OCCCN1CCCC1. The molecule has 0 saturated carbocycles. The first-order valence-electron chi connectivity index (χ1n) is 12.9. The van der Waals surface area contributed by atoms with Crippen molar-refractivity contribution in [3.8, 4) is 23.3 Å². The Morgan fingerprint density at radius 3 is 2.79 bits per heavy atom. The normalized spacial score (nSPS) is 13.5. The summed E-state index contributed by atoms with van der Waals surface area (Å²) in [7, 11) is 0. The smallest absolute Gasteiger partial charge is 0.332 e. The number of thiazole rings is 1. The van der Waals surface area contributed by atoms with Gasteiger partial charge >= 0.3 is 6.03 Å². The summed E-state index contributed by atoms with van der Waals surface area (Å²) in [6.07, 6.45) is 8.49. The van der Waals surface area contributed by atoms with E-state index in [2.05, 4.69) is 26.3 Å². The molecular weight excluding hydrogens is 512 g/mol. The molecule has 196 valence electrons. The molecule has 9 nitrogen and oxygen atoms in total. The maximum atomic E-state index is 12.7. The number of likely N-dealkylation sites (tertiary alicyclic amines) is 1. The van der Waals surface area contributed by atoms with Gasteiger partial charge in [0, 0.05) is 47.4 Å². The zero-order valence-electron chi connectivity index (χ0n) is 21.2. The van der Waals surface area contributed by atoms with E-state index in [1.807, 2.05) is 24.3 Å². The van der Waals surface area contributed by atoms with Gasteiger partial charge in [0.2, 0.25) is 0 Å². The van der Waals surface area contributed by atoms with Crippen LogP contribution in [0.5, 0.6) is 17.2 Å². The van der Waals surface area contributed by atoms with Crippen LogP contribution in [0.1, 0.15) is 24.8 Å². The molecule has 3 aromatic heterocycles. The van der Waals surface area contributed by atoms with Gasteiger partial charge in [0.1, 0.15) is 23.3 Å². The number of pyridine rings is 1. The van der Waals surface area contributed by atoms with E-state index in [9.17, 15) is 10.1 Å². The molecule has 0 spiro atoms. The number of carbonyl (C=O) groups is 1. The van der Waals surface area contributed by atoms with Crippen molar-refractivity contribution in [2.24, 2.45) is 0 Å². The number of anilines is 1. The molecule has 1 saturated heterocycles. The predicted molar refractivity (Wildman–Crippen MR) is 151 cm³/mol. The first-order chi connectivity index (χ1) is 19.2. The molecular formula is C29H26N6O3S. The standard InChI is InChI=1S/C29H26N6O3S/c30-19-21-17-23-24(18-27(21)37-14-3-12-34-10-1-2-11-34)31-8-6-26(23)38-22-4-5-25-20(16-22)7-13-35(25)29(36)33-28-32-9-15-39-28/h4-9,13,15-18H,1-3,10-12,14H2,(H,32,33,36). The number of hydrogen-bond donors (Lipinski definition) is 1. The lowest BCUT2D eigenvalue weighted by atomic mass is 10.1. The van der Waals surface area contributed by atoms with Crippen LogP contribution in [-0.4, -0.2) is 51.7 Å². The molecule has 1 aliphatic heterocycles. The molecule has 0 unspecified atom stereocenters. The maximum absolute atomic E-state index is 12.7. The fourth-order valence-electron chi connectivity index (χ4n) is 4.85. The molecule has 0 radical (unpaired) electrons. The number of benzene rings is 2. The summed E-state index contributed by atoms with van der Waals surface area (Å²) in [5.41, 5.74) is 1.88. The molecule has 2 aromatic carbocycles. The molecule has 0 bridgehead atoms. The lowest BCUT2D eigenvalue weighted by Crippen LogP contribution is -2.22. The van der Waals surface area contributed by atoms with E-state index >= 15 is 0 Å². The van der Waals surface area contributed by atoms with Crippen LogP contribution in [0, 0.1) is 11.3 Å². The summed E-state index contributed by atoms with van der Waals surface area (Å²) in [5.74, 6) is 1.72. The van der Waals surface area contributed by atoms with Crippen LogP contribution in [0.15, 0.2) is 66.4 Å². The molecule has 1 fully saturated rings. The third-order valence-corrected chi connectivity index (χ3v) is 7.44. The second-order valence-electron chi connectivity index (χ2n) is 9.31. The zero-order chi connectivity index (χ0) is 26.6. The third-order valence-electron chi connectivity index (χ3n) is 6.75. The van der Waals surface area contributed by atoms with Crippen LogP contribution in [0.4, 0.5) is 9.93 Å². The van der Waals surface area contributed by atoms with Gasteiger partial charge in [-0.15, -0.1) is 11.3 Å². The summed E-state index contributed by atoms with van der Waals surface area (Å²) in [5, 5.41) is 16.5. The predicted octanol–water partition coefficient (Wildman–Crippen LogP) is 6.25. The van der Waals surface area contributed by atoms with E-state index in [-0.39, 0.29) is 6.03 Å². The number of ether oxygens (including phenoxy) is 2. The Morgan fingerprint density at radius 1 is 1.08 bits per heavy atom. The molecule has 5 aromatic rings. The van der Waals surface area contributed by atoms with Gasteiger partial charge in [0.25, 0.3) is 0 Å².